The van der Waals surface area contributed by atoms with Crippen molar-refractivity contribution in [1.82, 2.24) is 0 Å². The van der Waals surface area contributed by atoms with Gasteiger partial charge in [-0.2, -0.15) is 0 Å². The number of aliphatic hydroxyl groups is 2. The first-order valence-corrected chi connectivity index (χ1v) is 9.57. The molecule has 0 radical (unpaired) electrons. The number of benzene rings is 2. The van der Waals surface area contributed by atoms with Gasteiger partial charge in [0.15, 0.2) is 11.6 Å². The molecule has 0 aliphatic rings. The van der Waals surface area contributed by atoms with Crippen molar-refractivity contribution >= 4 is 22.9 Å². The molecule has 6 N–H and O–H groups in total. The summed E-state index contributed by atoms with van der Waals surface area (Å²) in [5, 5.41) is 17.9. The highest BCUT2D eigenvalue weighted by molar-refractivity contribution is 5.82. The number of ketones is 2. The SMILES string of the molecule is CC(O)C(=O)CCOc1ccc(N)cc1.CC(O)C(=O)CCOc1ccc(N)cc1. The number of Topliss-reactive ketones (excluding diaryl/α,β-unsaturated/α-hetero) is 2. The van der Waals surface area contributed by atoms with Crippen LogP contribution in [0.15, 0.2) is 48.5 Å². The normalized spacial score (nSPS) is 12.1. The molecule has 8 heteroatoms. The lowest BCUT2D eigenvalue weighted by atomic mass is 10.2. The summed E-state index contributed by atoms with van der Waals surface area (Å²) in [7, 11) is 0. The first kappa shape index (κ1) is 24.9. The molecule has 2 atom stereocenters. The molecule has 0 fully saturated rings. The van der Waals surface area contributed by atoms with Gasteiger partial charge >= 0.3 is 0 Å². The zero-order valence-corrected chi connectivity index (χ0v) is 17.3. The monoisotopic (exact) mass is 418 g/mol. The summed E-state index contributed by atoms with van der Waals surface area (Å²) in [5.41, 5.74) is 12.3. The Morgan fingerprint density at radius 1 is 0.733 bits per heavy atom. The predicted octanol–water partition coefficient (Wildman–Crippen LogP) is 1.98. The van der Waals surface area contributed by atoms with Gasteiger partial charge in [-0.05, 0) is 62.4 Å². The average molecular weight is 418 g/mol. The number of rotatable bonds is 10. The van der Waals surface area contributed by atoms with Crippen molar-refractivity contribution < 1.29 is 29.3 Å². The van der Waals surface area contributed by atoms with Crippen LogP contribution in [0.5, 0.6) is 11.5 Å². The van der Waals surface area contributed by atoms with Gasteiger partial charge in [0.2, 0.25) is 0 Å². The van der Waals surface area contributed by atoms with Crippen molar-refractivity contribution in [2.24, 2.45) is 0 Å². The summed E-state index contributed by atoms with van der Waals surface area (Å²) in [4.78, 5) is 22.1. The number of carbonyl (C=O) groups excluding carboxylic acids is 2. The van der Waals surface area contributed by atoms with Gasteiger partial charge in [-0.3, -0.25) is 9.59 Å². The zero-order valence-electron chi connectivity index (χ0n) is 17.3. The lowest BCUT2D eigenvalue weighted by Crippen LogP contribution is -2.18. The lowest BCUT2D eigenvalue weighted by Gasteiger charge is -2.06. The minimum absolute atomic E-state index is 0.210. The highest BCUT2D eigenvalue weighted by Gasteiger charge is 2.09. The molecule has 30 heavy (non-hydrogen) atoms. The van der Waals surface area contributed by atoms with Gasteiger partial charge in [-0.1, -0.05) is 0 Å². The molecule has 0 aliphatic carbocycles. The predicted molar refractivity (Wildman–Crippen MR) is 115 cm³/mol. The van der Waals surface area contributed by atoms with Gasteiger partial charge in [0.05, 0.1) is 13.2 Å². The molecule has 164 valence electrons. The molecule has 0 heterocycles. The van der Waals surface area contributed by atoms with Crippen LogP contribution in [0.25, 0.3) is 0 Å². The van der Waals surface area contributed by atoms with Crippen molar-refractivity contribution in [1.29, 1.82) is 0 Å². The molecule has 2 aromatic rings. The van der Waals surface area contributed by atoms with Gasteiger partial charge in [-0.15, -0.1) is 0 Å². The summed E-state index contributed by atoms with van der Waals surface area (Å²) in [6.07, 6.45) is -1.41. The molecule has 2 aromatic carbocycles. The number of nitrogen functional groups attached to an aromatic ring is 2. The smallest absolute Gasteiger partial charge is 0.164 e. The minimum atomic E-state index is -0.917. The summed E-state index contributed by atoms with van der Waals surface area (Å²) >= 11 is 0. The fourth-order valence-corrected chi connectivity index (χ4v) is 2.08. The highest BCUT2D eigenvalue weighted by Crippen LogP contribution is 2.14. The first-order valence-electron chi connectivity index (χ1n) is 9.57. The topological polar surface area (TPSA) is 145 Å². The Kier molecular flexibility index (Phi) is 11.0. The van der Waals surface area contributed by atoms with Gasteiger partial charge in [-0.25, -0.2) is 0 Å². The highest BCUT2D eigenvalue weighted by atomic mass is 16.5. The van der Waals surface area contributed by atoms with Crippen LogP contribution in [0.3, 0.4) is 0 Å². The van der Waals surface area contributed by atoms with E-state index < -0.39 is 12.2 Å². The molecule has 8 nitrogen and oxygen atoms in total. The van der Waals surface area contributed by atoms with Crippen LogP contribution < -0.4 is 20.9 Å². The molecule has 0 amide bonds. The van der Waals surface area contributed by atoms with E-state index in [0.717, 1.165) is 0 Å². The second-order valence-corrected chi connectivity index (χ2v) is 6.62. The molecule has 0 aromatic heterocycles. The first-order chi connectivity index (χ1) is 14.2. The van der Waals surface area contributed by atoms with E-state index in [9.17, 15) is 9.59 Å². The molecule has 0 saturated carbocycles. The van der Waals surface area contributed by atoms with Gasteiger partial charge in [0.1, 0.15) is 23.7 Å². The number of nitrogens with two attached hydrogens (primary N) is 2. The Bertz CT molecular complexity index is 706. The average Bonchev–Trinajstić information content (AvgIpc) is 2.71. The van der Waals surface area contributed by atoms with Crippen LogP contribution >= 0.6 is 0 Å². The van der Waals surface area contributed by atoms with Gasteiger partial charge in [0.25, 0.3) is 0 Å². The van der Waals surface area contributed by atoms with Crippen LogP contribution in [0.1, 0.15) is 26.7 Å². The molecular weight excluding hydrogens is 388 g/mol. The summed E-state index contributed by atoms with van der Waals surface area (Å²) < 4.78 is 10.6. The van der Waals surface area contributed by atoms with Crippen molar-refractivity contribution in [3.63, 3.8) is 0 Å². The Labute approximate surface area is 176 Å². The molecule has 0 spiro atoms. The van der Waals surface area contributed by atoms with Crippen LogP contribution in [0.4, 0.5) is 11.4 Å². The van der Waals surface area contributed by atoms with Crippen LogP contribution in [0.2, 0.25) is 0 Å². The van der Waals surface area contributed by atoms with E-state index in [1.54, 1.807) is 48.5 Å². The standard InChI is InChI=1S/2C11H15NO3/c2*1-8(13)11(14)6-7-15-10-4-2-9(12)3-5-10/h2*2-5,8,13H,6-7,12H2,1H3. The van der Waals surface area contributed by atoms with Crippen molar-refractivity contribution in [2.75, 3.05) is 24.7 Å². The molecule has 2 rings (SSSR count). The van der Waals surface area contributed by atoms with E-state index >= 15 is 0 Å². The summed E-state index contributed by atoms with van der Waals surface area (Å²) in [5.74, 6) is 0.904. The van der Waals surface area contributed by atoms with Crippen LogP contribution in [0, 0.1) is 0 Å². The second kappa shape index (κ2) is 13.2. The maximum atomic E-state index is 11.0. The summed E-state index contributed by atoms with van der Waals surface area (Å²) in [6.45, 7) is 3.44. The van der Waals surface area contributed by atoms with E-state index in [2.05, 4.69) is 0 Å². The third-order valence-electron chi connectivity index (χ3n) is 3.93. The number of anilines is 2. The van der Waals surface area contributed by atoms with Crippen molar-refractivity contribution in [3.8, 4) is 11.5 Å². The zero-order chi connectivity index (χ0) is 22.5. The Balaban J connectivity index is 0.000000300. The fraction of sp³-hybridized carbons (Fsp3) is 0.364. The van der Waals surface area contributed by atoms with Gasteiger partial charge in [0, 0.05) is 24.2 Å². The molecule has 0 bridgehead atoms. The third-order valence-corrected chi connectivity index (χ3v) is 3.93. The number of hydrogen-bond donors (Lipinski definition) is 4. The lowest BCUT2D eigenvalue weighted by molar-refractivity contribution is -0.127. The molecule has 0 aliphatic heterocycles. The maximum Gasteiger partial charge on any atom is 0.164 e. The number of aliphatic hydroxyl groups excluding tert-OH is 2. The number of hydrogen-bond acceptors (Lipinski definition) is 8. The Morgan fingerprint density at radius 2 is 1.03 bits per heavy atom. The van der Waals surface area contributed by atoms with E-state index in [-0.39, 0.29) is 37.6 Å². The number of carbonyl (C=O) groups is 2. The van der Waals surface area contributed by atoms with E-state index in [1.165, 1.54) is 13.8 Å². The molecule has 0 saturated heterocycles. The van der Waals surface area contributed by atoms with Crippen LogP contribution in [-0.2, 0) is 9.59 Å². The second-order valence-electron chi connectivity index (χ2n) is 6.62. The van der Waals surface area contributed by atoms with Gasteiger partial charge < -0.3 is 31.2 Å². The summed E-state index contributed by atoms with van der Waals surface area (Å²) in [6, 6.07) is 13.9. The number of ether oxygens (including phenoxy) is 2. The Morgan fingerprint density at radius 3 is 1.30 bits per heavy atom. The molecular formula is C22H30N2O6. The Hall–Kier alpha value is -3.10. The van der Waals surface area contributed by atoms with Crippen molar-refractivity contribution in [3.05, 3.63) is 48.5 Å². The molecule has 2 unspecified atom stereocenters. The largest absolute Gasteiger partial charge is 0.493 e. The van der Waals surface area contributed by atoms with E-state index in [4.69, 9.17) is 31.2 Å². The fourth-order valence-electron chi connectivity index (χ4n) is 2.08. The quantitative estimate of drug-likeness (QED) is 0.429. The third kappa shape index (κ3) is 10.4. The van der Waals surface area contributed by atoms with Crippen LogP contribution in [-0.4, -0.2) is 47.2 Å². The maximum absolute atomic E-state index is 11.0. The van der Waals surface area contributed by atoms with E-state index in [0.29, 0.717) is 22.9 Å². The minimum Gasteiger partial charge on any atom is -0.493 e. The van der Waals surface area contributed by atoms with Crippen molar-refractivity contribution in [2.45, 2.75) is 38.9 Å². The van der Waals surface area contributed by atoms with E-state index in [1.807, 2.05) is 0 Å².